The maximum absolute atomic E-state index is 14.7. The largest absolute Gasteiger partial charge is 0.467 e. The number of carbonyl (C=O) groups is 1. The number of imidazole rings is 1. The lowest BCUT2D eigenvalue weighted by Crippen LogP contribution is -2.33. The van der Waals surface area contributed by atoms with Gasteiger partial charge in [0.2, 0.25) is 0 Å². The van der Waals surface area contributed by atoms with E-state index in [-0.39, 0.29) is 18.7 Å². The molecule has 198 valence electrons. The zero-order chi connectivity index (χ0) is 26.6. The summed E-state index contributed by atoms with van der Waals surface area (Å²) in [4.78, 5) is 22.9. The van der Waals surface area contributed by atoms with Gasteiger partial charge in [-0.2, -0.15) is 0 Å². The number of fused-ring (bicyclic) bond motifs is 1. The molecular formula is C28H28BrFN4O4. The van der Waals surface area contributed by atoms with Crippen molar-refractivity contribution in [3.63, 3.8) is 0 Å². The van der Waals surface area contributed by atoms with Gasteiger partial charge < -0.3 is 19.5 Å². The molecule has 10 heteroatoms. The van der Waals surface area contributed by atoms with E-state index >= 15 is 0 Å². The Balaban J connectivity index is 1.68. The molecule has 2 aromatic carbocycles. The number of aryl methyl sites for hydroxylation is 1. The van der Waals surface area contributed by atoms with Gasteiger partial charge >= 0.3 is 0 Å². The number of ether oxygens (including phenoxy) is 3. The van der Waals surface area contributed by atoms with Crippen LogP contribution in [0.5, 0.6) is 5.75 Å². The molecule has 2 atom stereocenters. The molecule has 1 saturated heterocycles. The molecule has 1 aliphatic rings. The number of halogens is 2. The number of pyridine rings is 1. The second-order valence-electron chi connectivity index (χ2n) is 9.05. The monoisotopic (exact) mass is 582 g/mol. The predicted molar refractivity (Wildman–Crippen MR) is 143 cm³/mol. The van der Waals surface area contributed by atoms with Gasteiger partial charge in [0.15, 0.2) is 6.79 Å². The molecular weight excluding hydrogens is 555 g/mol. The Morgan fingerprint density at radius 3 is 2.82 bits per heavy atom. The Hall–Kier alpha value is -3.34. The van der Waals surface area contributed by atoms with Gasteiger partial charge in [0.05, 0.1) is 16.7 Å². The maximum Gasteiger partial charge on any atom is 0.270 e. The Bertz CT molecular complexity index is 1450. The SMILES string of the molecule is COCOc1ccc(F)cc1C(NC(=O)c1ccc(Br)c(C)n1)c1nc2ccccc2n1C1CCCCO1. The Morgan fingerprint density at radius 2 is 2.05 bits per heavy atom. The first kappa shape index (κ1) is 26.3. The van der Waals surface area contributed by atoms with Crippen LogP contribution < -0.4 is 10.1 Å². The highest BCUT2D eigenvalue weighted by atomic mass is 79.9. The lowest BCUT2D eigenvalue weighted by Gasteiger charge is -2.29. The summed E-state index contributed by atoms with van der Waals surface area (Å²) in [5, 5.41) is 3.05. The van der Waals surface area contributed by atoms with Gasteiger partial charge in [-0.1, -0.05) is 12.1 Å². The number of methoxy groups -OCH3 is 1. The fraction of sp³-hybridized carbons (Fsp3) is 0.321. The number of nitrogens with one attached hydrogen (secondary N) is 1. The number of rotatable bonds is 8. The highest BCUT2D eigenvalue weighted by Crippen LogP contribution is 2.36. The van der Waals surface area contributed by atoms with Crippen molar-refractivity contribution >= 4 is 32.9 Å². The van der Waals surface area contributed by atoms with E-state index < -0.39 is 17.8 Å². The molecule has 1 N–H and O–H groups in total. The molecule has 8 nitrogen and oxygen atoms in total. The molecule has 2 aromatic heterocycles. The third-order valence-electron chi connectivity index (χ3n) is 6.47. The van der Waals surface area contributed by atoms with Crippen LogP contribution in [0.15, 0.2) is 59.1 Å². The summed E-state index contributed by atoms with van der Waals surface area (Å²) in [5.41, 5.74) is 2.90. The lowest BCUT2D eigenvalue weighted by molar-refractivity contribution is -0.0315. The zero-order valence-electron chi connectivity index (χ0n) is 21.1. The van der Waals surface area contributed by atoms with E-state index in [9.17, 15) is 9.18 Å². The minimum atomic E-state index is -0.881. The molecule has 4 aromatic rings. The summed E-state index contributed by atoms with van der Waals surface area (Å²) < 4.78 is 34.5. The van der Waals surface area contributed by atoms with E-state index in [1.165, 1.54) is 25.3 Å². The number of amides is 1. The molecule has 0 spiro atoms. The molecule has 0 saturated carbocycles. The highest BCUT2D eigenvalue weighted by molar-refractivity contribution is 9.10. The van der Waals surface area contributed by atoms with Crippen molar-refractivity contribution in [3.8, 4) is 5.75 Å². The summed E-state index contributed by atoms with van der Waals surface area (Å²) >= 11 is 3.43. The molecule has 38 heavy (non-hydrogen) atoms. The summed E-state index contributed by atoms with van der Waals surface area (Å²) in [6.07, 6.45) is 2.48. The number of hydrogen-bond donors (Lipinski definition) is 1. The molecule has 3 heterocycles. The predicted octanol–water partition coefficient (Wildman–Crippen LogP) is 5.84. The molecule has 1 amide bonds. The Kier molecular flexibility index (Phi) is 8.01. The molecule has 0 bridgehead atoms. The van der Waals surface area contributed by atoms with Gasteiger partial charge in [-0.25, -0.2) is 14.4 Å². The van der Waals surface area contributed by atoms with Crippen LogP contribution in [0.2, 0.25) is 0 Å². The van der Waals surface area contributed by atoms with Crippen LogP contribution in [0.25, 0.3) is 11.0 Å². The van der Waals surface area contributed by atoms with Crippen LogP contribution in [0.4, 0.5) is 4.39 Å². The Labute approximate surface area is 228 Å². The van der Waals surface area contributed by atoms with Gasteiger partial charge in [0, 0.05) is 23.8 Å². The van der Waals surface area contributed by atoms with E-state index in [2.05, 4.69) is 26.2 Å². The minimum absolute atomic E-state index is 0.0467. The van der Waals surface area contributed by atoms with Crippen molar-refractivity contribution in [2.75, 3.05) is 20.5 Å². The van der Waals surface area contributed by atoms with E-state index in [0.717, 1.165) is 34.8 Å². The van der Waals surface area contributed by atoms with E-state index in [1.807, 2.05) is 28.8 Å². The normalized spacial score (nSPS) is 16.4. The van der Waals surface area contributed by atoms with Crippen molar-refractivity contribution in [1.82, 2.24) is 19.9 Å². The highest BCUT2D eigenvalue weighted by Gasteiger charge is 2.31. The van der Waals surface area contributed by atoms with Crippen LogP contribution in [-0.4, -0.2) is 41.0 Å². The lowest BCUT2D eigenvalue weighted by atomic mass is 10.0. The number of hydrogen-bond acceptors (Lipinski definition) is 6. The van der Waals surface area contributed by atoms with Crippen molar-refractivity contribution in [2.45, 2.75) is 38.5 Å². The van der Waals surface area contributed by atoms with Gasteiger partial charge in [0.1, 0.15) is 35.4 Å². The van der Waals surface area contributed by atoms with Crippen LogP contribution in [0.1, 0.15) is 59.1 Å². The average Bonchev–Trinajstić information content (AvgIpc) is 3.32. The third-order valence-corrected chi connectivity index (χ3v) is 7.31. The van der Waals surface area contributed by atoms with E-state index in [0.29, 0.717) is 29.4 Å². The van der Waals surface area contributed by atoms with Gasteiger partial charge in [-0.05, 0) is 84.6 Å². The first-order valence-electron chi connectivity index (χ1n) is 12.4. The maximum atomic E-state index is 14.7. The van der Waals surface area contributed by atoms with Crippen LogP contribution in [0, 0.1) is 12.7 Å². The molecule has 5 rings (SSSR count). The number of benzene rings is 2. The molecule has 0 aliphatic carbocycles. The first-order valence-corrected chi connectivity index (χ1v) is 13.2. The zero-order valence-corrected chi connectivity index (χ0v) is 22.7. The summed E-state index contributed by atoms with van der Waals surface area (Å²) in [6, 6.07) is 14.4. The first-order chi connectivity index (χ1) is 18.5. The molecule has 2 unspecified atom stereocenters. The molecule has 1 aliphatic heterocycles. The quantitative estimate of drug-likeness (QED) is 0.262. The topological polar surface area (TPSA) is 87.5 Å². The van der Waals surface area contributed by atoms with Gasteiger partial charge in [-0.3, -0.25) is 9.36 Å². The fourth-order valence-corrected chi connectivity index (χ4v) is 4.87. The molecule has 0 radical (unpaired) electrons. The summed E-state index contributed by atoms with van der Waals surface area (Å²) in [5.74, 6) is -0.0382. The summed E-state index contributed by atoms with van der Waals surface area (Å²) in [7, 11) is 1.50. The smallest absolute Gasteiger partial charge is 0.270 e. The molecule has 1 fully saturated rings. The average molecular weight is 583 g/mol. The van der Waals surface area contributed by atoms with Crippen molar-refractivity contribution in [2.24, 2.45) is 0 Å². The van der Waals surface area contributed by atoms with Crippen LogP contribution in [0.3, 0.4) is 0 Å². The number of aromatic nitrogens is 3. The van der Waals surface area contributed by atoms with Crippen LogP contribution in [-0.2, 0) is 9.47 Å². The third kappa shape index (κ3) is 5.43. The minimum Gasteiger partial charge on any atom is -0.467 e. The van der Waals surface area contributed by atoms with Crippen molar-refractivity contribution in [3.05, 3.63) is 87.7 Å². The summed E-state index contributed by atoms with van der Waals surface area (Å²) in [6.45, 7) is 2.38. The van der Waals surface area contributed by atoms with Crippen molar-refractivity contribution < 1.29 is 23.4 Å². The second kappa shape index (κ2) is 11.6. The van der Waals surface area contributed by atoms with E-state index in [1.54, 1.807) is 19.1 Å². The van der Waals surface area contributed by atoms with Crippen LogP contribution >= 0.6 is 15.9 Å². The second-order valence-corrected chi connectivity index (χ2v) is 9.91. The standard InChI is InChI=1S/C28H28BrFN4O4/c1-17-20(29)11-12-22(31-17)28(35)33-26(19-15-18(30)10-13-24(19)38-16-36-2)27-32-21-7-3-4-8-23(21)34(27)25-9-5-6-14-37-25/h3-4,7-8,10-13,15,25-26H,5-6,9,14,16H2,1-2H3,(H,33,35). The van der Waals surface area contributed by atoms with Gasteiger partial charge in [-0.15, -0.1) is 0 Å². The van der Waals surface area contributed by atoms with E-state index in [4.69, 9.17) is 19.2 Å². The van der Waals surface area contributed by atoms with Crippen molar-refractivity contribution in [1.29, 1.82) is 0 Å². The van der Waals surface area contributed by atoms with Gasteiger partial charge in [0.25, 0.3) is 5.91 Å². The number of nitrogens with zero attached hydrogens (tertiary/aromatic N) is 3. The number of para-hydroxylation sites is 2. The number of carbonyl (C=O) groups excluding carboxylic acids is 1. The fourth-order valence-electron chi connectivity index (χ4n) is 4.65. The Morgan fingerprint density at radius 1 is 1.21 bits per heavy atom.